The molecule has 0 radical (unpaired) electrons. The second-order valence-corrected chi connectivity index (χ2v) is 2.91. The van der Waals surface area contributed by atoms with Crippen LogP contribution >= 0.6 is 0 Å². The van der Waals surface area contributed by atoms with Crippen LogP contribution in [0.1, 0.15) is 25.5 Å². The molecular weight excluding hydrogens is 158 g/mol. The van der Waals surface area contributed by atoms with Gasteiger partial charge in [0.25, 0.3) is 0 Å². The molecule has 1 aromatic carbocycles. The van der Waals surface area contributed by atoms with Crippen LogP contribution in [0.5, 0.6) is 0 Å². The highest BCUT2D eigenvalue weighted by Crippen LogP contribution is 2.14. The fourth-order valence-corrected chi connectivity index (χ4v) is 1.08. The number of rotatable bonds is 3. The van der Waals surface area contributed by atoms with E-state index in [2.05, 4.69) is 24.0 Å². The van der Waals surface area contributed by atoms with Crippen LogP contribution in [0.25, 0.3) is 0 Å². The van der Waals surface area contributed by atoms with Gasteiger partial charge in [0.15, 0.2) is 0 Å². The maximum Gasteiger partial charge on any atom is 0.0720 e. The quantitative estimate of drug-likeness (QED) is 0.621. The van der Waals surface area contributed by atoms with Crippen molar-refractivity contribution in [2.75, 3.05) is 0 Å². The maximum absolute atomic E-state index is 4.37. The molecule has 0 fully saturated rings. The maximum atomic E-state index is 4.37. The molecule has 1 aromatic rings. The van der Waals surface area contributed by atoms with E-state index in [-0.39, 0.29) is 6.04 Å². The predicted octanol–water partition coefficient (Wildman–Crippen LogP) is 3.39. The first kappa shape index (κ1) is 9.72. The Labute approximate surface area is 79.8 Å². The largest absolute Gasteiger partial charge is 0.285 e. The van der Waals surface area contributed by atoms with E-state index in [1.54, 1.807) is 0 Å². The number of hydrogen-bond donors (Lipinski definition) is 0. The van der Waals surface area contributed by atoms with E-state index in [1.807, 2.05) is 43.5 Å². The highest BCUT2D eigenvalue weighted by molar-refractivity contribution is 5.71. The molecule has 0 bridgehead atoms. The lowest BCUT2D eigenvalue weighted by Crippen LogP contribution is -1.88. The van der Waals surface area contributed by atoms with Gasteiger partial charge in [-0.1, -0.05) is 36.4 Å². The summed E-state index contributed by atoms with van der Waals surface area (Å²) >= 11 is 0. The van der Waals surface area contributed by atoms with E-state index < -0.39 is 0 Å². The summed E-state index contributed by atoms with van der Waals surface area (Å²) in [6.45, 7) is 4.08. The third-order valence-corrected chi connectivity index (χ3v) is 1.87. The highest BCUT2D eigenvalue weighted by atomic mass is 14.7. The van der Waals surface area contributed by atoms with Gasteiger partial charge in [-0.2, -0.15) is 0 Å². The minimum atomic E-state index is 0.248. The van der Waals surface area contributed by atoms with Crippen LogP contribution in [0.15, 0.2) is 47.5 Å². The van der Waals surface area contributed by atoms with Crippen LogP contribution in [0.3, 0.4) is 0 Å². The summed E-state index contributed by atoms with van der Waals surface area (Å²) in [4.78, 5) is 4.37. The van der Waals surface area contributed by atoms with Crippen molar-refractivity contribution >= 4 is 6.21 Å². The zero-order chi connectivity index (χ0) is 9.52. The molecule has 0 heterocycles. The number of hydrogen-bond acceptors (Lipinski definition) is 1. The zero-order valence-electron chi connectivity index (χ0n) is 8.14. The van der Waals surface area contributed by atoms with Crippen molar-refractivity contribution in [3.63, 3.8) is 0 Å². The summed E-state index contributed by atoms with van der Waals surface area (Å²) in [6, 6.07) is 10.5. The summed E-state index contributed by atoms with van der Waals surface area (Å²) in [5, 5.41) is 0. The molecule has 1 heteroatoms. The number of benzene rings is 1. The van der Waals surface area contributed by atoms with Crippen LogP contribution in [-0.2, 0) is 0 Å². The Balaban J connectivity index is 2.63. The molecule has 0 unspecified atom stereocenters. The minimum absolute atomic E-state index is 0.248. The molecule has 0 amide bonds. The van der Waals surface area contributed by atoms with Gasteiger partial charge in [0.05, 0.1) is 6.04 Å². The van der Waals surface area contributed by atoms with Crippen LogP contribution in [0.4, 0.5) is 0 Å². The molecule has 1 atom stereocenters. The normalized spacial score (nSPS) is 14.0. The smallest absolute Gasteiger partial charge is 0.0720 e. The fraction of sp³-hybridized carbons (Fsp3) is 0.250. The Morgan fingerprint density at radius 2 is 1.92 bits per heavy atom. The monoisotopic (exact) mass is 173 g/mol. The Kier molecular flexibility index (Phi) is 3.97. The standard InChI is InChI=1S/C12H15N/c1-3-4-10-13-11(2)12-8-6-5-7-9-12/h3-11H,1-2H3/b4-3+,13-10?/t11-/m0/s1. The average molecular weight is 173 g/mol. The van der Waals surface area contributed by atoms with Crippen LogP contribution in [-0.4, -0.2) is 6.21 Å². The summed E-state index contributed by atoms with van der Waals surface area (Å²) in [7, 11) is 0. The first-order valence-corrected chi connectivity index (χ1v) is 4.54. The van der Waals surface area contributed by atoms with E-state index in [0.717, 1.165) is 0 Å². The van der Waals surface area contributed by atoms with Gasteiger partial charge >= 0.3 is 0 Å². The zero-order valence-corrected chi connectivity index (χ0v) is 8.14. The van der Waals surface area contributed by atoms with E-state index in [1.165, 1.54) is 5.56 Å². The number of allylic oxidation sites excluding steroid dienone is 2. The van der Waals surface area contributed by atoms with Gasteiger partial charge in [0, 0.05) is 6.21 Å². The molecular formula is C12H15N. The first-order chi connectivity index (χ1) is 6.34. The molecule has 0 N–H and O–H groups in total. The van der Waals surface area contributed by atoms with Gasteiger partial charge in [-0.05, 0) is 25.5 Å². The molecule has 0 aliphatic heterocycles. The van der Waals surface area contributed by atoms with Gasteiger partial charge < -0.3 is 0 Å². The fourth-order valence-electron chi connectivity index (χ4n) is 1.08. The summed E-state index contributed by atoms with van der Waals surface area (Å²) in [5.74, 6) is 0. The third kappa shape index (κ3) is 3.24. The second kappa shape index (κ2) is 5.31. The average Bonchev–Trinajstić information content (AvgIpc) is 2.19. The lowest BCUT2D eigenvalue weighted by molar-refractivity contribution is 0.826. The predicted molar refractivity (Wildman–Crippen MR) is 58.2 cm³/mol. The molecule has 0 spiro atoms. The minimum Gasteiger partial charge on any atom is -0.285 e. The van der Waals surface area contributed by atoms with E-state index >= 15 is 0 Å². The van der Waals surface area contributed by atoms with Crippen molar-refractivity contribution < 1.29 is 0 Å². The van der Waals surface area contributed by atoms with Gasteiger partial charge in [0.1, 0.15) is 0 Å². The summed E-state index contributed by atoms with van der Waals surface area (Å²) < 4.78 is 0. The van der Waals surface area contributed by atoms with Crippen molar-refractivity contribution in [2.45, 2.75) is 19.9 Å². The Morgan fingerprint density at radius 1 is 1.23 bits per heavy atom. The van der Waals surface area contributed by atoms with Crippen molar-refractivity contribution in [1.29, 1.82) is 0 Å². The number of aliphatic imine (C=N–C) groups is 1. The molecule has 0 saturated carbocycles. The lowest BCUT2D eigenvalue weighted by atomic mass is 10.1. The molecule has 0 aliphatic rings. The van der Waals surface area contributed by atoms with Gasteiger partial charge in [-0.3, -0.25) is 4.99 Å². The van der Waals surface area contributed by atoms with Crippen LogP contribution < -0.4 is 0 Å². The molecule has 0 aromatic heterocycles. The van der Waals surface area contributed by atoms with Crippen molar-refractivity contribution in [3.05, 3.63) is 48.0 Å². The third-order valence-electron chi connectivity index (χ3n) is 1.87. The molecule has 0 saturated heterocycles. The van der Waals surface area contributed by atoms with Gasteiger partial charge in [-0.15, -0.1) is 0 Å². The lowest BCUT2D eigenvalue weighted by Gasteiger charge is -2.04. The van der Waals surface area contributed by atoms with Crippen molar-refractivity contribution in [1.82, 2.24) is 0 Å². The van der Waals surface area contributed by atoms with E-state index in [4.69, 9.17) is 0 Å². The molecule has 1 rings (SSSR count). The Bertz CT molecular complexity index is 285. The van der Waals surface area contributed by atoms with Gasteiger partial charge in [0.2, 0.25) is 0 Å². The topological polar surface area (TPSA) is 12.4 Å². The Hall–Kier alpha value is -1.37. The first-order valence-electron chi connectivity index (χ1n) is 4.54. The SMILES string of the molecule is C/C=C/C=N[C@@H](C)c1ccccc1. The van der Waals surface area contributed by atoms with Crippen molar-refractivity contribution in [3.8, 4) is 0 Å². The Morgan fingerprint density at radius 3 is 2.54 bits per heavy atom. The number of nitrogens with zero attached hydrogens (tertiary/aromatic N) is 1. The van der Waals surface area contributed by atoms with Crippen LogP contribution in [0, 0.1) is 0 Å². The van der Waals surface area contributed by atoms with Crippen LogP contribution in [0.2, 0.25) is 0 Å². The highest BCUT2D eigenvalue weighted by Gasteiger charge is 1.98. The second-order valence-electron chi connectivity index (χ2n) is 2.91. The van der Waals surface area contributed by atoms with Crippen molar-refractivity contribution in [2.24, 2.45) is 4.99 Å². The molecule has 68 valence electrons. The molecule has 13 heavy (non-hydrogen) atoms. The summed E-state index contributed by atoms with van der Waals surface area (Å²) in [6.07, 6.45) is 5.76. The summed E-state index contributed by atoms with van der Waals surface area (Å²) in [5.41, 5.74) is 1.25. The van der Waals surface area contributed by atoms with Gasteiger partial charge in [-0.25, -0.2) is 0 Å². The molecule has 1 nitrogen and oxygen atoms in total. The molecule has 0 aliphatic carbocycles. The van der Waals surface area contributed by atoms with E-state index in [0.29, 0.717) is 0 Å². The van der Waals surface area contributed by atoms with E-state index in [9.17, 15) is 0 Å².